The van der Waals surface area contributed by atoms with Gasteiger partial charge in [-0.1, -0.05) is 6.07 Å². The Bertz CT molecular complexity index is 1080. The number of nitrogens with one attached hydrogen (secondary N) is 1. The second-order valence-electron chi connectivity index (χ2n) is 5.68. The molecule has 1 aromatic carbocycles. The van der Waals surface area contributed by atoms with E-state index in [0.717, 1.165) is 11.1 Å². The van der Waals surface area contributed by atoms with Crippen molar-refractivity contribution in [3.63, 3.8) is 0 Å². The van der Waals surface area contributed by atoms with Crippen LogP contribution in [-0.4, -0.2) is 24.4 Å². The molecule has 4 rings (SSSR count). The third kappa shape index (κ3) is 3.07. The van der Waals surface area contributed by atoms with Crippen LogP contribution in [0.15, 0.2) is 67.4 Å². The minimum atomic E-state index is -0.359. The minimum Gasteiger partial charge on any atom is -0.343 e. The SMILES string of the molecule is O=[N+]([O-])c1cccc2c1ccn2Cc1ccnc(Nc2cnccn2)c1. The predicted octanol–water partition coefficient (Wildman–Crippen LogP) is 3.53. The van der Waals surface area contributed by atoms with Crippen LogP contribution in [0, 0.1) is 10.1 Å². The molecule has 0 amide bonds. The summed E-state index contributed by atoms with van der Waals surface area (Å²) < 4.78 is 1.98. The largest absolute Gasteiger partial charge is 0.343 e. The lowest BCUT2D eigenvalue weighted by Gasteiger charge is -2.08. The molecule has 128 valence electrons. The molecule has 0 saturated heterocycles. The molecule has 0 fully saturated rings. The maximum absolute atomic E-state index is 11.2. The Balaban J connectivity index is 1.62. The molecule has 8 heteroatoms. The fraction of sp³-hybridized carbons (Fsp3) is 0.0556. The Kier molecular flexibility index (Phi) is 3.98. The van der Waals surface area contributed by atoms with E-state index in [2.05, 4.69) is 20.3 Å². The molecule has 0 bridgehead atoms. The molecule has 0 radical (unpaired) electrons. The molecule has 0 spiro atoms. The first-order valence-electron chi connectivity index (χ1n) is 7.91. The first-order chi connectivity index (χ1) is 12.7. The fourth-order valence-electron chi connectivity index (χ4n) is 2.84. The molecular formula is C18H14N6O2. The van der Waals surface area contributed by atoms with Gasteiger partial charge in [0.1, 0.15) is 11.6 Å². The van der Waals surface area contributed by atoms with E-state index in [1.54, 1.807) is 36.9 Å². The van der Waals surface area contributed by atoms with Gasteiger partial charge < -0.3 is 9.88 Å². The highest BCUT2D eigenvalue weighted by atomic mass is 16.6. The summed E-state index contributed by atoms with van der Waals surface area (Å²) in [6.45, 7) is 0.572. The average molecular weight is 346 g/mol. The van der Waals surface area contributed by atoms with Gasteiger partial charge in [-0.3, -0.25) is 15.1 Å². The second kappa shape index (κ2) is 6.60. The maximum atomic E-state index is 11.2. The number of non-ortho nitro benzene ring substituents is 1. The first kappa shape index (κ1) is 15.7. The summed E-state index contributed by atoms with van der Waals surface area (Å²) in [5, 5.41) is 14.9. The molecule has 0 saturated carbocycles. The number of hydrogen-bond donors (Lipinski definition) is 1. The molecule has 3 aromatic heterocycles. The van der Waals surface area contributed by atoms with E-state index in [0.29, 0.717) is 23.6 Å². The van der Waals surface area contributed by atoms with Gasteiger partial charge in [-0.05, 0) is 29.8 Å². The van der Waals surface area contributed by atoms with Gasteiger partial charge in [-0.2, -0.15) is 0 Å². The Morgan fingerprint density at radius 3 is 2.77 bits per heavy atom. The number of nitro benzene ring substituents is 1. The second-order valence-corrected chi connectivity index (χ2v) is 5.68. The lowest BCUT2D eigenvalue weighted by Crippen LogP contribution is -2.01. The van der Waals surface area contributed by atoms with Crippen LogP contribution in [0.3, 0.4) is 0 Å². The topological polar surface area (TPSA) is 98.8 Å². The Morgan fingerprint density at radius 2 is 1.96 bits per heavy atom. The van der Waals surface area contributed by atoms with E-state index in [9.17, 15) is 10.1 Å². The van der Waals surface area contributed by atoms with Crippen LogP contribution in [0.1, 0.15) is 5.56 Å². The quantitative estimate of drug-likeness (QED) is 0.438. The summed E-state index contributed by atoms with van der Waals surface area (Å²) in [5.41, 5.74) is 1.94. The Morgan fingerprint density at radius 1 is 1.08 bits per heavy atom. The number of nitro groups is 1. The van der Waals surface area contributed by atoms with Gasteiger partial charge in [0.15, 0.2) is 0 Å². The first-order valence-corrected chi connectivity index (χ1v) is 7.91. The highest BCUT2D eigenvalue weighted by molar-refractivity contribution is 5.89. The van der Waals surface area contributed by atoms with E-state index < -0.39 is 0 Å². The van der Waals surface area contributed by atoms with Gasteiger partial charge in [0.25, 0.3) is 5.69 Å². The van der Waals surface area contributed by atoms with Crippen LogP contribution in [0.5, 0.6) is 0 Å². The summed E-state index contributed by atoms with van der Waals surface area (Å²) in [6.07, 6.45) is 8.39. The van der Waals surface area contributed by atoms with E-state index in [1.807, 2.05) is 29.0 Å². The maximum Gasteiger partial charge on any atom is 0.278 e. The molecule has 0 aliphatic heterocycles. The minimum absolute atomic E-state index is 0.112. The van der Waals surface area contributed by atoms with Gasteiger partial charge in [0.05, 0.1) is 22.0 Å². The van der Waals surface area contributed by atoms with Gasteiger partial charge in [0.2, 0.25) is 0 Å². The predicted molar refractivity (Wildman–Crippen MR) is 97.2 cm³/mol. The van der Waals surface area contributed by atoms with Crippen molar-refractivity contribution in [2.45, 2.75) is 6.54 Å². The zero-order valence-electron chi connectivity index (χ0n) is 13.6. The Hall–Kier alpha value is -3.81. The van der Waals surface area contributed by atoms with Crippen molar-refractivity contribution in [3.05, 3.63) is 83.1 Å². The number of rotatable bonds is 5. The number of anilines is 2. The smallest absolute Gasteiger partial charge is 0.278 e. The van der Waals surface area contributed by atoms with Crippen molar-refractivity contribution in [2.75, 3.05) is 5.32 Å². The van der Waals surface area contributed by atoms with Gasteiger partial charge >= 0.3 is 0 Å². The van der Waals surface area contributed by atoms with Gasteiger partial charge in [-0.25, -0.2) is 9.97 Å². The van der Waals surface area contributed by atoms with Crippen LogP contribution >= 0.6 is 0 Å². The van der Waals surface area contributed by atoms with Crippen molar-refractivity contribution in [2.24, 2.45) is 0 Å². The standard InChI is InChI=1S/C18H14N6O2/c25-24(26)16-3-1-2-15-14(16)5-9-23(15)12-13-4-6-20-17(10-13)22-18-11-19-7-8-21-18/h1-11H,12H2,(H,20,21,22). The normalized spacial score (nSPS) is 10.8. The van der Waals surface area contributed by atoms with Crippen LogP contribution < -0.4 is 5.32 Å². The van der Waals surface area contributed by atoms with Crippen LogP contribution in [0.2, 0.25) is 0 Å². The van der Waals surface area contributed by atoms with E-state index in [1.165, 1.54) is 6.07 Å². The molecule has 8 nitrogen and oxygen atoms in total. The number of pyridine rings is 1. The van der Waals surface area contributed by atoms with E-state index >= 15 is 0 Å². The Labute approximate surface area is 148 Å². The number of nitrogens with zero attached hydrogens (tertiary/aromatic N) is 5. The summed E-state index contributed by atoms with van der Waals surface area (Å²) in [5.74, 6) is 1.27. The van der Waals surface area contributed by atoms with Crippen LogP contribution in [0.4, 0.5) is 17.3 Å². The molecule has 0 aliphatic carbocycles. The highest BCUT2D eigenvalue weighted by Crippen LogP contribution is 2.27. The summed E-state index contributed by atoms with van der Waals surface area (Å²) in [6, 6.07) is 10.7. The molecular weight excluding hydrogens is 332 g/mol. The molecule has 0 aliphatic rings. The third-order valence-corrected chi connectivity index (χ3v) is 3.98. The average Bonchev–Trinajstić information content (AvgIpc) is 3.06. The van der Waals surface area contributed by atoms with Crippen molar-refractivity contribution >= 4 is 28.2 Å². The highest BCUT2D eigenvalue weighted by Gasteiger charge is 2.13. The van der Waals surface area contributed by atoms with Crippen LogP contribution in [-0.2, 0) is 6.54 Å². The molecule has 1 N–H and O–H groups in total. The number of aromatic nitrogens is 4. The molecule has 0 unspecified atom stereocenters. The zero-order chi connectivity index (χ0) is 17.9. The molecule has 3 heterocycles. The summed E-state index contributed by atoms with van der Waals surface area (Å²) >= 11 is 0. The number of hydrogen-bond acceptors (Lipinski definition) is 6. The molecule has 26 heavy (non-hydrogen) atoms. The monoisotopic (exact) mass is 346 g/mol. The van der Waals surface area contributed by atoms with Crippen molar-refractivity contribution in [1.29, 1.82) is 0 Å². The lowest BCUT2D eigenvalue weighted by molar-refractivity contribution is -0.383. The molecule has 0 atom stereocenters. The number of fused-ring (bicyclic) bond motifs is 1. The zero-order valence-corrected chi connectivity index (χ0v) is 13.6. The lowest BCUT2D eigenvalue weighted by atomic mass is 10.2. The summed E-state index contributed by atoms with van der Waals surface area (Å²) in [7, 11) is 0. The van der Waals surface area contributed by atoms with Crippen molar-refractivity contribution in [1.82, 2.24) is 19.5 Å². The summed E-state index contributed by atoms with van der Waals surface area (Å²) in [4.78, 5) is 23.3. The van der Waals surface area contributed by atoms with E-state index in [-0.39, 0.29) is 10.6 Å². The van der Waals surface area contributed by atoms with E-state index in [4.69, 9.17) is 0 Å². The number of benzene rings is 1. The van der Waals surface area contributed by atoms with Gasteiger partial charge in [-0.15, -0.1) is 0 Å². The van der Waals surface area contributed by atoms with Crippen molar-refractivity contribution in [3.8, 4) is 0 Å². The third-order valence-electron chi connectivity index (χ3n) is 3.98. The fourth-order valence-corrected chi connectivity index (χ4v) is 2.84. The van der Waals surface area contributed by atoms with Crippen molar-refractivity contribution < 1.29 is 4.92 Å². The molecule has 4 aromatic rings. The van der Waals surface area contributed by atoms with Gasteiger partial charge in [0, 0.05) is 37.4 Å². The van der Waals surface area contributed by atoms with Crippen LogP contribution in [0.25, 0.3) is 10.9 Å².